The maximum absolute atomic E-state index is 13.1. The fourth-order valence-electron chi connectivity index (χ4n) is 4.25. The number of ether oxygens (including phenoxy) is 3. The van der Waals surface area contributed by atoms with Crippen molar-refractivity contribution in [1.29, 1.82) is 0 Å². The number of rotatable bonds is 10. The summed E-state index contributed by atoms with van der Waals surface area (Å²) in [4.78, 5) is 27.0. The molecule has 2 amide bonds. The molecule has 0 bridgehead atoms. The maximum atomic E-state index is 13.1. The van der Waals surface area contributed by atoms with Gasteiger partial charge in [-0.2, -0.15) is 0 Å². The highest BCUT2D eigenvalue weighted by atomic mass is 19.4. The number of carbonyl (C=O) groups excluding carboxylic acids is 2. The number of likely N-dealkylation sites (N-methyl/N-ethyl adjacent to an activating group) is 1. The van der Waals surface area contributed by atoms with Crippen molar-refractivity contribution in [2.45, 2.75) is 57.0 Å². The molecule has 0 radical (unpaired) electrons. The van der Waals surface area contributed by atoms with Crippen LogP contribution in [-0.2, 0) is 14.3 Å². The summed E-state index contributed by atoms with van der Waals surface area (Å²) >= 11 is 0. The Morgan fingerprint density at radius 1 is 1.18 bits per heavy atom. The Kier molecular flexibility index (Phi) is 9.26. The van der Waals surface area contributed by atoms with E-state index in [4.69, 9.17) is 9.47 Å². The summed E-state index contributed by atoms with van der Waals surface area (Å²) in [7, 11) is 1.66. The minimum absolute atomic E-state index is 0.206. The lowest BCUT2D eigenvalue weighted by atomic mass is 9.97. The second-order valence-electron chi connectivity index (χ2n) is 8.73. The molecule has 1 saturated carbocycles. The molecule has 1 aromatic carbocycles. The third-order valence-corrected chi connectivity index (χ3v) is 6.04. The summed E-state index contributed by atoms with van der Waals surface area (Å²) < 4.78 is 51.3. The van der Waals surface area contributed by atoms with Crippen molar-refractivity contribution in [3.8, 4) is 5.75 Å². The van der Waals surface area contributed by atoms with E-state index in [1.807, 2.05) is 0 Å². The summed E-state index contributed by atoms with van der Waals surface area (Å²) in [5.74, 6) is -0.127. The number of carbonyl (C=O) groups is 2. The van der Waals surface area contributed by atoms with E-state index in [1.165, 1.54) is 29.2 Å². The van der Waals surface area contributed by atoms with Crippen LogP contribution in [0.5, 0.6) is 5.75 Å². The number of alkyl halides is 3. The Morgan fingerprint density at radius 3 is 2.50 bits per heavy atom. The highest BCUT2D eigenvalue weighted by Crippen LogP contribution is 2.29. The first-order valence-corrected chi connectivity index (χ1v) is 11.6. The van der Waals surface area contributed by atoms with Crippen LogP contribution in [0.3, 0.4) is 0 Å². The van der Waals surface area contributed by atoms with E-state index in [-0.39, 0.29) is 17.8 Å². The van der Waals surface area contributed by atoms with Crippen molar-refractivity contribution < 1.29 is 37.0 Å². The molecule has 0 spiro atoms. The highest BCUT2D eigenvalue weighted by molar-refractivity contribution is 5.85. The fourth-order valence-corrected chi connectivity index (χ4v) is 4.25. The summed E-state index contributed by atoms with van der Waals surface area (Å²) in [6.07, 6.45) is -0.108. The Balaban J connectivity index is 1.49. The molecular formula is C23H32F3N3O5. The van der Waals surface area contributed by atoms with Crippen LogP contribution < -0.4 is 15.4 Å². The highest BCUT2D eigenvalue weighted by Gasteiger charge is 2.31. The van der Waals surface area contributed by atoms with Gasteiger partial charge in [0, 0.05) is 32.2 Å². The molecule has 8 nitrogen and oxygen atoms in total. The number of benzene rings is 1. The first kappa shape index (κ1) is 25.9. The summed E-state index contributed by atoms with van der Waals surface area (Å²) in [6, 6.07) is 4.69. The molecule has 190 valence electrons. The largest absolute Gasteiger partial charge is 0.573 e. The monoisotopic (exact) mass is 487 g/mol. The van der Waals surface area contributed by atoms with Crippen molar-refractivity contribution in [3.63, 3.8) is 0 Å². The Morgan fingerprint density at radius 2 is 1.88 bits per heavy atom. The molecule has 0 unspecified atom stereocenters. The molecule has 2 aliphatic rings. The van der Waals surface area contributed by atoms with E-state index >= 15 is 0 Å². The van der Waals surface area contributed by atoms with Gasteiger partial charge >= 0.3 is 12.5 Å². The van der Waals surface area contributed by atoms with Crippen LogP contribution in [0.4, 0.5) is 23.7 Å². The number of anilines is 1. The van der Waals surface area contributed by atoms with E-state index in [2.05, 4.69) is 15.4 Å². The molecule has 1 heterocycles. The van der Waals surface area contributed by atoms with Gasteiger partial charge in [-0.15, -0.1) is 13.2 Å². The molecule has 2 atom stereocenters. The molecule has 1 aliphatic heterocycles. The van der Waals surface area contributed by atoms with Crippen LogP contribution in [0.25, 0.3) is 0 Å². The van der Waals surface area contributed by atoms with Gasteiger partial charge in [-0.1, -0.05) is 25.7 Å². The van der Waals surface area contributed by atoms with Gasteiger partial charge in [-0.3, -0.25) is 4.79 Å². The second-order valence-corrected chi connectivity index (χ2v) is 8.73. The third-order valence-electron chi connectivity index (χ3n) is 6.04. The number of nitrogens with zero attached hydrogens (tertiary/aromatic N) is 1. The quantitative estimate of drug-likeness (QED) is 0.520. The van der Waals surface area contributed by atoms with Crippen molar-refractivity contribution in [2.75, 3.05) is 38.7 Å². The molecular weight excluding hydrogens is 455 g/mol. The van der Waals surface area contributed by atoms with Crippen molar-refractivity contribution in [3.05, 3.63) is 24.3 Å². The lowest BCUT2D eigenvalue weighted by Crippen LogP contribution is -2.49. The summed E-state index contributed by atoms with van der Waals surface area (Å²) in [5, 5.41) is 5.82. The van der Waals surface area contributed by atoms with Gasteiger partial charge in [0.05, 0.1) is 13.2 Å². The number of amides is 2. The van der Waals surface area contributed by atoms with Gasteiger partial charge in [-0.05, 0) is 36.6 Å². The number of hydrogen-bond acceptors (Lipinski definition) is 6. The Bertz CT molecular complexity index is 794. The average molecular weight is 488 g/mol. The molecule has 0 aromatic heterocycles. The first-order valence-electron chi connectivity index (χ1n) is 11.6. The molecule has 2 N–H and O–H groups in total. The zero-order chi connectivity index (χ0) is 24.6. The molecule has 3 rings (SSSR count). The van der Waals surface area contributed by atoms with Crippen LogP contribution in [0.15, 0.2) is 24.3 Å². The van der Waals surface area contributed by atoms with E-state index in [9.17, 15) is 22.8 Å². The Hall–Kier alpha value is -2.69. The molecule has 1 aliphatic carbocycles. The van der Waals surface area contributed by atoms with Gasteiger partial charge in [0.25, 0.3) is 0 Å². The zero-order valence-corrected chi connectivity index (χ0v) is 19.2. The SMILES string of the molecule is CN(CCNc1ccc(OC(F)(F)F)cc1)C(=O)[C@H](CC1CCCC1)NC(=O)O[C@@H]1CCOC1. The smallest absolute Gasteiger partial charge is 0.444 e. The maximum Gasteiger partial charge on any atom is 0.573 e. The van der Waals surface area contributed by atoms with Gasteiger partial charge in [0.1, 0.15) is 17.9 Å². The molecule has 2 fully saturated rings. The Labute approximate surface area is 197 Å². The molecule has 11 heteroatoms. The van der Waals surface area contributed by atoms with Crippen LogP contribution in [0, 0.1) is 5.92 Å². The predicted octanol–water partition coefficient (Wildman–Crippen LogP) is 3.92. The fraction of sp³-hybridized carbons (Fsp3) is 0.652. The van der Waals surface area contributed by atoms with Crippen LogP contribution >= 0.6 is 0 Å². The van der Waals surface area contributed by atoms with E-state index in [1.54, 1.807) is 7.05 Å². The first-order chi connectivity index (χ1) is 16.2. The third kappa shape index (κ3) is 8.58. The number of alkyl carbamates (subject to hydrolysis) is 1. The van der Waals surface area contributed by atoms with Gasteiger partial charge in [0.2, 0.25) is 5.91 Å². The van der Waals surface area contributed by atoms with E-state index in [0.29, 0.717) is 50.8 Å². The average Bonchev–Trinajstić information content (AvgIpc) is 3.47. The normalized spacial score (nSPS) is 19.5. The van der Waals surface area contributed by atoms with Crippen molar-refractivity contribution in [2.24, 2.45) is 5.92 Å². The number of halogens is 3. The minimum Gasteiger partial charge on any atom is -0.444 e. The number of hydrogen-bond donors (Lipinski definition) is 2. The molecule has 1 saturated heterocycles. The second kappa shape index (κ2) is 12.1. The van der Waals surface area contributed by atoms with Crippen molar-refractivity contribution in [1.82, 2.24) is 10.2 Å². The van der Waals surface area contributed by atoms with Gasteiger partial charge < -0.3 is 29.7 Å². The van der Waals surface area contributed by atoms with E-state index < -0.39 is 18.5 Å². The van der Waals surface area contributed by atoms with Gasteiger partial charge in [-0.25, -0.2) is 4.79 Å². The standard InChI is InChI=1S/C23H32F3N3O5/c1-29(12-11-27-17-6-8-18(9-7-17)34-23(24,25)26)21(30)20(14-16-4-2-3-5-16)28-22(31)33-19-10-13-32-15-19/h6-9,16,19-20,27H,2-5,10-15H2,1H3,(H,28,31)/t19-,20+/m1/s1. The number of nitrogens with one attached hydrogen (secondary N) is 2. The van der Waals surface area contributed by atoms with Crippen LogP contribution in [0.2, 0.25) is 0 Å². The topological polar surface area (TPSA) is 89.1 Å². The predicted molar refractivity (Wildman–Crippen MR) is 118 cm³/mol. The lowest BCUT2D eigenvalue weighted by Gasteiger charge is -2.27. The molecule has 34 heavy (non-hydrogen) atoms. The van der Waals surface area contributed by atoms with Gasteiger partial charge in [0.15, 0.2) is 0 Å². The van der Waals surface area contributed by atoms with Crippen molar-refractivity contribution >= 4 is 17.7 Å². The van der Waals surface area contributed by atoms with E-state index in [0.717, 1.165) is 25.7 Å². The zero-order valence-electron chi connectivity index (χ0n) is 19.2. The molecule has 1 aromatic rings. The summed E-state index contributed by atoms with van der Waals surface area (Å²) in [6.45, 7) is 1.63. The minimum atomic E-state index is -4.74. The van der Waals surface area contributed by atoms with Crippen LogP contribution in [-0.4, -0.2) is 68.8 Å². The summed E-state index contributed by atoms with van der Waals surface area (Å²) in [5.41, 5.74) is 0.596. The van der Waals surface area contributed by atoms with Crippen LogP contribution in [0.1, 0.15) is 38.5 Å². The lowest BCUT2D eigenvalue weighted by molar-refractivity contribution is -0.274.